The average molecular weight is 323 g/mol. The first-order valence-electron chi connectivity index (χ1n) is 7.64. The summed E-state index contributed by atoms with van der Waals surface area (Å²) >= 11 is 0. The predicted octanol–water partition coefficient (Wildman–Crippen LogP) is 0.868. The first kappa shape index (κ1) is 17.2. The second kappa shape index (κ2) is 8.47. The van der Waals surface area contributed by atoms with Gasteiger partial charge in [0.15, 0.2) is 0 Å². The van der Waals surface area contributed by atoms with Crippen molar-refractivity contribution >= 4 is 11.9 Å². The van der Waals surface area contributed by atoms with Gasteiger partial charge >= 0.3 is 6.03 Å². The number of rotatable bonds is 5. The zero-order chi connectivity index (χ0) is 16.7. The summed E-state index contributed by atoms with van der Waals surface area (Å²) in [7, 11) is 1.58. The quantitative estimate of drug-likeness (QED) is 0.818. The fourth-order valence-corrected chi connectivity index (χ4v) is 2.45. The molecule has 1 saturated heterocycles. The van der Waals surface area contributed by atoms with Gasteiger partial charge in [-0.2, -0.15) is 0 Å². The standard InChI is InChI=1S/C16H22FN3O3/c1-23-11-6-18-16(22)20-9-7-19(8-10-20)15(21)12-13-4-2-3-5-14(13)17/h2-5H,6-12H2,1H3,(H,18,22). The van der Waals surface area contributed by atoms with E-state index in [-0.39, 0.29) is 24.2 Å². The number of halogens is 1. The third kappa shape index (κ3) is 4.92. The number of hydrogen-bond acceptors (Lipinski definition) is 3. The SMILES string of the molecule is COCCNC(=O)N1CCN(C(=O)Cc2ccccc2F)CC1. The van der Waals surface area contributed by atoms with E-state index in [1.807, 2.05) is 0 Å². The molecule has 0 saturated carbocycles. The van der Waals surface area contributed by atoms with E-state index in [0.717, 1.165) is 0 Å². The Morgan fingerprint density at radius 3 is 2.48 bits per heavy atom. The smallest absolute Gasteiger partial charge is 0.317 e. The Morgan fingerprint density at radius 1 is 1.17 bits per heavy atom. The maximum absolute atomic E-state index is 13.6. The molecule has 0 atom stereocenters. The molecule has 1 aromatic carbocycles. The first-order chi connectivity index (χ1) is 11.1. The van der Waals surface area contributed by atoms with Gasteiger partial charge < -0.3 is 19.9 Å². The molecular formula is C16H22FN3O3. The van der Waals surface area contributed by atoms with Crippen molar-refractivity contribution in [2.24, 2.45) is 0 Å². The summed E-state index contributed by atoms with van der Waals surface area (Å²) < 4.78 is 18.5. The van der Waals surface area contributed by atoms with Crippen LogP contribution in [0.5, 0.6) is 0 Å². The highest BCUT2D eigenvalue weighted by Crippen LogP contribution is 2.10. The lowest BCUT2D eigenvalue weighted by Crippen LogP contribution is -2.53. The maximum atomic E-state index is 13.6. The van der Waals surface area contributed by atoms with Gasteiger partial charge in [-0.05, 0) is 11.6 Å². The molecule has 0 aliphatic carbocycles. The van der Waals surface area contributed by atoms with Crippen molar-refractivity contribution in [1.82, 2.24) is 15.1 Å². The van der Waals surface area contributed by atoms with Gasteiger partial charge in [0, 0.05) is 39.8 Å². The number of carbonyl (C=O) groups excluding carboxylic acids is 2. The molecule has 0 radical (unpaired) electrons. The minimum atomic E-state index is -0.364. The van der Waals surface area contributed by atoms with Gasteiger partial charge in [-0.3, -0.25) is 4.79 Å². The largest absolute Gasteiger partial charge is 0.383 e. The molecular weight excluding hydrogens is 301 g/mol. The summed E-state index contributed by atoms with van der Waals surface area (Å²) in [6.07, 6.45) is 0.0483. The molecule has 126 valence electrons. The van der Waals surface area contributed by atoms with E-state index in [4.69, 9.17) is 4.74 Å². The molecule has 1 N–H and O–H groups in total. The fourth-order valence-electron chi connectivity index (χ4n) is 2.45. The highest BCUT2D eigenvalue weighted by molar-refractivity contribution is 5.79. The monoisotopic (exact) mass is 323 g/mol. The molecule has 1 heterocycles. The van der Waals surface area contributed by atoms with Crippen LogP contribution >= 0.6 is 0 Å². The molecule has 3 amide bonds. The summed E-state index contributed by atoms with van der Waals surface area (Å²) in [6, 6.07) is 6.14. The lowest BCUT2D eigenvalue weighted by Gasteiger charge is -2.34. The van der Waals surface area contributed by atoms with Crippen LogP contribution in [0.4, 0.5) is 9.18 Å². The van der Waals surface area contributed by atoms with E-state index < -0.39 is 0 Å². The summed E-state index contributed by atoms with van der Waals surface area (Å²) in [5, 5.41) is 2.75. The molecule has 6 nitrogen and oxygen atoms in total. The normalized spacial score (nSPS) is 14.7. The molecule has 1 aromatic rings. The summed E-state index contributed by atoms with van der Waals surface area (Å²) in [5.41, 5.74) is 0.400. The molecule has 7 heteroatoms. The van der Waals surface area contributed by atoms with Crippen molar-refractivity contribution in [1.29, 1.82) is 0 Å². The molecule has 1 fully saturated rings. The summed E-state index contributed by atoms with van der Waals surface area (Å²) in [4.78, 5) is 27.5. The Bertz CT molecular complexity index is 545. The number of benzene rings is 1. The zero-order valence-corrected chi connectivity index (χ0v) is 13.3. The van der Waals surface area contributed by atoms with Crippen LogP contribution in [-0.2, 0) is 16.0 Å². The van der Waals surface area contributed by atoms with Gasteiger partial charge in [0.25, 0.3) is 0 Å². The van der Waals surface area contributed by atoms with Gasteiger partial charge in [-0.25, -0.2) is 9.18 Å². The second-order valence-corrected chi connectivity index (χ2v) is 5.36. The molecule has 2 rings (SSSR count). The van der Waals surface area contributed by atoms with Gasteiger partial charge in [-0.15, -0.1) is 0 Å². The molecule has 0 aromatic heterocycles. The maximum Gasteiger partial charge on any atom is 0.317 e. The number of nitrogens with one attached hydrogen (secondary N) is 1. The van der Waals surface area contributed by atoms with Crippen molar-refractivity contribution in [3.8, 4) is 0 Å². The first-order valence-corrected chi connectivity index (χ1v) is 7.64. The minimum absolute atomic E-state index is 0.0483. The van der Waals surface area contributed by atoms with Gasteiger partial charge in [0.1, 0.15) is 5.82 Å². The van der Waals surface area contributed by atoms with E-state index in [0.29, 0.717) is 44.9 Å². The van der Waals surface area contributed by atoms with Crippen LogP contribution in [0, 0.1) is 5.82 Å². The number of methoxy groups -OCH3 is 1. The van der Waals surface area contributed by atoms with E-state index in [1.54, 1.807) is 35.1 Å². The van der Waals surface area contributed by atoms with Crippen LogP contribution in [0.25, 0.3) is 0 Å². The van der Waals surface area contributed by atoms with Crippen molar-refractivity contribution in [2.45, 2.75) is 6.42 Å². The fraction of sp³-hybridized carbons (Fsp3) is 0.500. The Kier molecular flexibility index (Phi) is 6.34. The van der Waals surface area contributed by atoms with Crippen LogP contribution in [0.2, 0.25) is 0 Å². The zero-order valence-electron chi connectivity index (χ0n) is 13.3. The number of urea groups is 1. The van der Waals surface area contributed by atoms with Gasteiger partial charge in [0.05, 0.1) is 13.0 Å². The van der Waals surface area contributed by atoms with Crippen LogP contribution in [0.15, 0.2) is 24.3 Å². The number of hydrogen-bond donors (Lipinski definition) is 1. The van der Waals surface area contributed by atoms with Crippen LogP contribution < -0.4 is 5.32 Å². The third-order valence-electron chi connectivity index (χ3n) is 3.80. The number of piperazine rings is 1. The summed E-state index contributed by atoms with van der Waals surface area (Å²) in [6.45, 7) is 2.80. The molecule has 0 bridgehead atoms. The van der Waals surface area contributed by atoms with Crippen molar-refractivity contribution in [2.75, 3.05) is 46.4 Å². The number of amides is 3. The molecule has 23 heavy (non-hydrogen) atoms. The molecule has 1 aliphatic rings. The Labute approximate surface area is 135 Å². The van der Waals surface area contributed by atoms with E-state index in [2.05, 4.69) is 5.32 Å². The molecule has 0 spiro atoms. The topological polar surface area (TPSA) is 61.9 Å². The van der Waals surface area contributed by atoms with Gasteiger partial charge in [-0.1, -0.05) is 18.2 Å². The van der Waals surface area contributed by atoms with Crippen molar-refractivity contribution in [3.05, 3.63) is 35.6 Å². The highest BCUT2D eigenvalue weighted by atomic mass is 19.1. The lowest BCUT2D eigenvalue weighted by molar-refractivity contribution is -0.131. The molecule has 0 unspecified atom stereocenters. The molecule has 1 aliphatic heterocycles. The van der Waals surface area contributed by atoms with E-state index in [9.17, 15) is 14.0 Å². The Morgan fingerprint density at radius 2 is 1.83 bits per heavy atom. The third-order valence-corrected chi connectivity index (χ3v) is 3.80. The van der Waals surface area contributed by atoms with Crippen LogP contribution in [0.1, 0.15) is 5.56 Å². The lowest BCUT2D eigenvalue weighted by atomic mass is 10.1. The highest BCUT2D eigenvalue weighted by Gasteiger charge is 2.24. The predicted molar refractivity (Wildman–Crippen MR) is 83.5 cm³/mol. The number of nitrogens with zero attached hydrogens (tertiary/aromatic N) is 2. The summed E-state index contributed by atoms with van der Waals surface area (Å²) in [5.74, 6) is -0.480. The van der Waals surface area contributed by atoms with Gasteiger partial charge in [0.2, 0.25) is 5.91 Å². The Balaban J connectivity index is 1.78. The van der Waals surface area contributed by atoms with Crippen molar-refractivity contribution in [3.63, 3.8) is 0 Å². The van der Waals surface area contributed by atoms with Crippen LogP contribution in [-0.4, -0.2) is 68.2 Å². The van der Waals surface area contributed by atoms with E-state index in [1.165, 1.54) is 6.07 Å². The van der Waals surface area contributed by atoms with Crippen LogP contribution in [0.3, 0.4) is 0 Å². The number of carbonyl (C=O) groups is 2. The second-order valence-electron chi connectivity index (χ2n) is 5.36. The van der Waals surface area contributed by atoms with E-state index >= 15 is 0 Å². The van der Waals surface area contributed by atoms with Crippen molar-refractivity contribution < 1.29 is 18.7 Å². The Hall–Kier alpha value is -2.15. The average Bonchev–Trinajstić information content (AvgIpc) is 2.57. The minimum Gasteiger partial charge on any atom is -0.383 e. The number of ether oxygens (including phenoxy) is 1.